The zero-order chi connectivity index (χ0) is 22.9. The summed E-state index contributed by atoms with van der Waals surface area (Å²) in [6.07, 6.45) is -1.35. The van der Waals surface area contributed by atoms with E-state index in [2.05, 4.69) is 17.4 Å². The van der Waals surface area contributed by atoms with E-state index in [0.717, 1.165) is 22.3 Å². The van der Waals surface area contributed by atoms with Gasteiger partial charge < -0.3 is 19.5 Å². The van der Waals surface area contributed by atoms with Crippen molar-refractivity contribution in [2.45, 2.75) is 38.3 Å². The van der Waals surface area contributed by atoms with Crippen LogP contribution in [-0.2, 0) is 19.0 Å². The summed E-state index contributed by atoms with van der Waals surface area (Å²) in [5.74, 6) is -0.696. The van der Waals surface area contributed by atoms with Gasteiger partial charge in [-0.3, -0.25) is 4.90 Å². The van der Waals surface area contributed by atoms with Gasteiger partial charge in [-0.2, -0.15) is 0 Å². The highest BCUT2D eigenvalue weighted by Crippen LogP contribution is 2.44. The summed E-state index contributed by atoms with van der Waals surface area (Å²) < 4.78 is 15.8. The first-order chi connectivity index (χ1) is 15.2. The predicted molar refractivity (Wildman–Crippen MR) is 116 cm³/mol. The largest absolute Gasteiger partial charge is 0.448 e. The first kappa shape index (κ1) is 21.7. The molecule has 1 saturated heterocycles. The van der Waals surface area contributed by atoms with Crippen LogP contribution >= 0.6 is 0 Å². The second-order valence-electron chi connectivity index (χ2n) is 8.76. The number of hydrogen-bond acceptors (Lipinski definition) is 6. The van der Waals surface area contributed by atoms with Crippen molar-refractivity contribution in [3.8, 4) is 11.1 Å². The van der Waals surface area contributed by atoms with Gasteiger partial charge in [0.1, 0.15) is 12.2 Å². The summed E-state index contributed by atoms with van der Waals surface area (Å²) in [5.41, 5.74) is 3.77. The lowest BCUT2D eigenvalue weighted by Crippen LogP contribution is -2.47. The van der Waals surface area contributed by atoms with E-state index in [9.17, 15) is 14.4 Å². The van der Waals surface area contributed by atoms with Crippen molar-refractivity contribution in [1.82, 2.24) is 10.2 Å². The van der Waals surface area contributed by atoms with E-state index in [1.54, 1.807) is 20.8 Å². The van der Waals surface area contributed by atoms with Crippen LogP contribution in [0.3, 0.4) is 0 Å². The molecule has 1 heterocycles. The van der Waals surface area contributed by atoms with E-state index in [4.69, 9.17) is 14.2 Å². The fourth-order valence-electron chi connectivity index (χ4n) is 3.99. The number of amides is 2. The number of nitrogens with one attached hydrogen (secondary N) is 1. The number of cyclic esters (lactones) is 1. The highest BCUT2D eigenvalue weighted by atomic mass is 16.6. The highest BCUT2D eigenvalue weighted by molar-refractivity contribution is 5.85. The van der Waals surface area contributed by atoms with Crippen LogP contribution in [0.25, 0.3) is 11.1 Å². The lowest BCUT2D eigenvalue weighted by atomic mass is 9.98. The van der Waals surface area contributed by atoms with E-state index in [1.807, 2.05) is 36.4 Å². The van der Waals surface area contributed by atoms with Crippen LogP contribution in [0.2, 0.25) is 0 Å². The van der Waals surface area contributed by atoms with Crippen molar-refractivity contribution in [1.29, 1.82) is 0 Å². The molecule has 0 bridgehead atoms. The standard InChI is InChI=1S/C24H26N2O6/c1-24(2,3)32-22(28)25-12-20-21(27)31-14-26(20)23(29)30-13-19-17-10-6-4-8-15(17)16-9-5-7-11-18(16)19/h4-11,19-20H,12-14H2,1-3H3,(H,25,28)/t20-/m0/s1. The van der Waals surface area contributed by atoms with Crippen molar-refractivity contribution < 1.29 is 28.6 Å². The third-order valence-corrected chi connectivity index (χ3v) is 5.40. The van der Waals surface area contributed by atoms with Crippen LogP contribution in [-0.4, -0.2) is 54.6 Å². The Bertz CT molecular complexity index is 999. The summed E-state index contributed by atoms with van der Waals surface area (Å²) in [6, 6.07) is 15.1. The molecule has 0 saturated carbocycles. The molecule has 0 unspecified atom stereocenters. The van der Waals surface area contributed by atoms with Gasteiger partial charge >= 0.3 is 18.2 Å². The number of rotatable bonds is 4. The number of carbonyl (C=O) groups is 3. The molecule has 2 aromatic rings. The van der Waals surface area contributed by atoms with Crippen LogP contribution in [0.15, 0.2) is 48.5 Å². The summed E-state index contributed by atoms with van der Waals surface area (Å²) in [5, 5.41) is 2.51. The maximum Gasteiger partial charge on any atom is 0.413 e. The number of carbonyl (C=O) groups excluding carboxylic acids is 3. The Morgan fingerprint density at radius 2 is 1.66 bits per heavy atom. The normalized spacial score (nSPS) is 17.4. The molecule has 2 amide bonds. The number of hydrogen-bond donors (Lipinski definition) is 1. The van der Waals surface area contributed by atoms with Crippen LogP contribution in [0.1, 0.15) is 37.8 Å². The Hall–Kier alpha value is -3.55. The van der Waals surface area contributed by atoms with Gasteiger partial charge in [0, 0.05) is 5.92 Å². The molecular weight excluding hydrogens is 412 g/mol. The van der Waals surface area contributed by atoms with Crippen LogP contribution < -0.4 is 5.32 Å². The molecule has 1 aliphatic carbocycles. The van der Waals surface area contributed by atoms with Crippen LogP contribution in [0, 0.1) is 0 Å². The predicted octanol–water partition coefficient (Wildman–Crippen LogP) is 3.65. The topological polar surface area (TPSA) is 94.2 Å². The zero-order valence-corrected chi connectivity index (χ0v) is 18.3. The van der Waals surface area contributed by atoms with E-state index in [1.165, 1.54) is 4.90 Å². The van der Waals surface area contributed by atoms with E-state index in [0.29, 0.717) is 0 Å². The average Bonchev–Trinajstić information content (AvgIpc) is 3.27. The molecule has 0 radical (unpaired) electrons. The maximum atomic E-state index is 12.8. The molecule has 4 rings (SSSR count). The van der Waals surface area contributed by atoms with Gasteiger partial charge in [0.15, 0.2) is 12.8 Å². The Morgan fingerprint density at radius 3 is 2.25 bits per heavy atom. The number of esters is 1. The number of fused-ring (bicyclic) bond motifs is 3. The van der Waals surface area contributed by atoms with Crippen LogP contribution in [0.5, 0.6) is 0 Å². The van der Waals surface area contributed by atoms with Gasteiger partial charge in [-0.15, -0.1) is 0 Å². The van der Waals surface area contributed by atoms with Gasteiger partial charge in [-0.1, -0.05) is 48.5 Å². The molecule has 1 N–H and O–H groups in total. The summed E-state index contributed by atoms with van der Waals surface area (Å²) in [7, 11) is 0. The van der Waals surface area contributed by atoms with Gasteiger partial charge in [-0.25, -0.2) is 14.4 Å². The molecule has 8 heteroatoms. The fourth-order valence-corrected chi connectivity index (χ4v) is 3.99. The third-order valence-electron chi connectivity index (χ3n) is 5.40. The number of alkyl carbamates (subject to hydrolysis) is 1. The molecule has 1 atom stereocenters. The second kappa shape index (κ2) is 8.53. The molecule has 1 fully saturated rings. The van der Waals surface area contributed by atoms with Crippen molar-refractivity contribution in [2.75, 3.05) is 19.9 Å². The maximum absolute atomic E-state index is 12.8. The minimum Gasteiger partial charge on any atom is -0.448 e. The lowest BCUT2D eigenvalue weighted by Gasteiger charge is -2.23. The summed E-state index contributed by atoms with van der Waals surface area (Å²) in [6.45, 7) is 4.98. The monoisotopic (exact) mass is 438 g/mol. The summed E-state index contributed by atoms with van der Waals surface area (Å²) in [4.78, 5) is 38.0. The van der Waals surface area contributed by atoms with E-state index < -0.39 is 29.8 Å². The smallest absolute Gasteiger partial charge is 0.413 e. The molecule has 0 aromatic heterocycles. The molecule has 8 nitrogen and oxygen atoms in total. The van der Waals surface area contributed by atoms with Gasteiger partial charge in [-0.05, 0) is 43.0 Å². The van der Waals surface area contributed by atoms with Gasteiger partial charge in [0.2, 0.25) is 0 Å². The molecule has 168 valence electrons. The van der Waals surface area contributed by atoms with Crippen LogP contribution in [0.4, 0.5) is 9.59 Å². The first-order valence-corrected chi connectivity index (χ1v) is 10.5. The second-order valence-corrected chi connectivity index (χ2v) is 8.76. The van der Waals surface area contributed by atoms with Gasteiger partial charge in [0.05, 0.1) is 6.54 Å². The number of nitrogens with zero attached hydrogens (tertiary/aromatic N) is 1. The van der Waals surface area contributed by atoms with Crippen molar-refractivity contribution in [2.24, 2.45) is 0 Å². The summed E-state index contributed by atoms with van der Waals surface area (Å²) >= 11 is 0. The molecule has 32 heavy (non-hydrogen) atoms. The van der Waals surface area contributed by atoms with Crippen molar-refractivity contribution in [3.05, 3.63) is 59.7 Å². The Balaban J connectivity index is 1.40. The Morgan fingerprint density at radius 1 is 1.06 bits per heavy atom. The fraction of sp³-hybridized carbons (Fsp3) is 0.375. The van der Waals surface area contributed by atoms with Crippen molar-refractivity contribution in [3.63, 3.8) is 0 Å². The van der Waals surface area contributed by atoms with Crippen molar-refractivity contribution >= 4 is 18.2 Å². The highest BCUT2D eigenvalue weighted by Gasteiger charge is 2.40. The molecule has 2 aliphatic rings. The lowest BCUT2D eigenvalue weighted by molar-refractivity contribution is -0.139. The minimum absolute atomic E-state index is 0.0936. The number of benzene rings is 2. The molecular formula is C24H26N2O6. The Labute approximate surface area is 186 Å². The SMILES string of the molecule is CC(C)(C)OC(=O)NC[C@H]1C(=O)OCN1C(=O)OCC1c2ccccc2-c2ccccc21. The zero-order valence-electron chi connectivity index (χ0n) is 18.3. The van der Waals surface area contributed by atoms with Gasteiger partial charge in [0.25, 0.3) is 0 Å². The quantitative estimate of drug-likeness (QED) is 0.579. The van der Waals surface area contributed by atoms with E-state index >= 15 is 0 Å². The van der Waals surface area contributed by atoms with E-state index in [-0.39, 0.29) is 25.8 Å². The number of ether oxygens (including phenoxy) is 3. The molecule has 0 spiro atoms. The first-order valence-electron chi connectivity index (χ1n) is 10.5. The third kappa shape index (κ3) is 4.39. The minimum atomic E-state index is -0.974. The Kier molecular flexibility index (Phi) is 5.78. The molecule has 2 aromatic carbocycles. The molecule has 1 aliphatic heterocycles. The average molecular weight is 438 g/mol.